The van der Waals surface area contributed by atoms with Crippen molar-refractivity contribution in [3.8, 4) is 11.1 Å². The molecule has 1 aliphatic rings. The average Bonchev–Trinajstić information content (AvgIpc) is 3.28. The predicted molar refractivity (Wildman–Crippen MR) is 132 cm³/mol. The van der Waals surface area contributed by atoms with Crippen LogP contribution in [-0.4, -0.2) is 64.1 Å². The first kappa shape index (κ1) is 22.0. The number of fused-ring (bicyclic) bond motifs is 1. The number of rotatable bonds is 4. The second-order valence-corrected chi connectivity index (χ2v) is 8.95. The second kappa shape index (κ2) is 8.87. The Balaban J connectivity index is 1.37. The van der Waals surface area contributed by atoms with Crippen LogP contribution in [0.4, 0.5) is 11.8 Å². The number of piperazine rings is 1. The van der Waals surface area contributed by atoms with E-state index in [0.717, 1.165) is 35.2 Å². The fourth-order valence-electron chi connectivity index (χ4n) is 4.47. The fourth-order valence-corrected chi connectivity index (χ4v) is 4.47. The van der Waals surface area contributed by atoms with Gasteiger partial charge in [-0.1, -0.05) is 18.2 Å². The van der Waals surface area contributed by atoms with Crippen LogP contribution < -0.4 is 5.32 Å². The van der Waals surface area contributed by atoms with E-state index >= 15 is 0 Å². The van der Waals surface area contributed by atoms with Gasteiger partial charge in [0, 0.05) is 32.2 Å². The number of furan rings is 1. The van der Waals surface area contributed by atoms with Gasteiger partial charge in [-0.25, -0.2) is 4.98 Å². The monoisotopic (exact) mass is 456 g/mol. The number of benzene rings is 2. The quantitative estimate of drug-likeness (QED) is 0.489. The Morgan fingerprint density at radius 1 is 0.941 bits per heavy atom. The minimum absolute atomic E-state index is 0.103. The van der Waals surface area contributed by atoms with Crippen molar-refractivity contribution < 1.29 is 9.21 Å². The molecule has 3 heterocycles. The molecule has 8 nitrogen and oxygen atoms in total. The summed E-state index contributed by atoms with van der Waals surface area (Å²) in [5.41, 5.74) is 7.27. The van der Waals surface area contributed by atoms with Crippen molar-refractivity contribution in [3.63, 3.8) is 0 Å². The number of aromatic nitrogens is 3. The molecular formula is C26H28N6O2. The molecule has 0 aliphatic carbocycles. The molecule has 2 aromatic carbocycles. The van der Waals surface area contributed by atoms with Gasteiger partial charge in [0.25, 0.3) is 5.91 Å². The molecule has 0 unspecified atom stereocenters. The van der Waals surface area contributed by atoms with E-state index in [1.165, 1.54) is 16.7 Å². The number of hydrogen-bond donors (Lipinski definition) is 1. The van der Waals surface area contributed by atoms with Crippen LogP contribution in [0.25, 0.3) is 22.2 Å². The maximum Gasteiger partial charge on any atom is 0.289 e. The van der Waals surface area contributed by atoms with Gasteiger partial charge < -0.3 is 14.2 Å². The zero-order valence-electron chi connectivity index (χ0n) is 19.9. The first-order valence-corrected chi connectivity index (χ1v) is 11.5. The van der Waals surface area contributed by atoms with Gasteiger partial charge in [-0.3, -0.25) is 10.1 Å². The number of hydrogen-bond acceptors (Lipinski definition) is 7. The van der Waals surface area contributed by atoms with Gasteiger partial charge in [0.2, 0.25) is 11.8 Å². The third-order valence-corrected chi connectivity index (χ3v) is 6.36. The number of nitrogens with zero attached hydrogens (tertiary/aromatic N) is 5. The van der Waals surface area contributed by atoms with Gasteiger partial charge in [-0.05, 0) is 73.8 Å². The SMILES string of the molecule is Cc1cccc(C)c1-c1cc(C)c2nc(Nc3ccc(C(=O)N4CCN(C)CC4)o3)nnc2c1. The summed E-state index contributed by atoms with van der Waals surface area (Å²) in [6.45, 7) is 9.37. The molecule has 0 saturated carbocycles. The minimum atomic E-state index is -0.103. The summed E-state index contributed by atoms with van der Waals surface area (Å²) in [6.07, 6.45) is 0. The van der Waals surface area contributed by atoms with E-state index in [-0.39, 0.29) is 5.91 Å². The molecule has 2 aromatic heterocycles. The van der Waals surface area contributed by atoms with Crippen molar-refractivity contribution >= 4 is 28.8 Å². The van der Waals surface area contributed by atoms with Crippen LogP contribution in [0.1, 0.15) is 27.2 Å². The minimum Gasteiger partial charge on any atom is -0.435 e. The molecule has 0 radical (unpaired) electrons. The van der Waals surface area contributed by atoms with Crippen LogP contribution in [0.5, 0.6) is 0 Å². The van der Waals surface area contributed by atoms with Gasteiger partial charge >= 0.3 is 0 Å². The molecule has 34 heavy (non-hydrogen) atoms. The molecule has 8 heteroatoms. The third-order valence-electron chi connectivity index (χ3n) is 6.36. The van der Waals surface area contributed by atoms with Crippen molar-refractivity contribution in [3.05, 3.63) is 64.9 Å². The van der Waals surface area contributed by atoms with Gasteiger partial charge in [0.15, 0.2) is 5.76 Å². The first-order chi connectivity index (χ1) is 16.4. The average molecular weight is 457 g/mol. The van der Waals surface area contributed by atoms with Crippen LogP contribution >= 0.6 is 0 Å². The van der Waals surface area contributed by atoms with E-state index in [0.29, 0.717) is 30.7 Å². The maximum atomic E-state index is 12.7. The Bertz CT molecular complexity index is 1350. The van der Waals surface area contributed by atoms with E-state index in [9.17, 15) is 4.79 Å². The largest absolute Gasteiger partial charge is 0.435 e. The highest BCUT2D eigenvalue weighted by Gasteiger charge is 2.23. The lowest BCUT2D eigenvalue weighted by Gasteiger charge is -2.31. The fraction of sp³-hybridized carbons (Fsp3) is 0.308. The van der Waals surface area contributed by atoms with Crippen molar-refractivity contribution in [1.82, 2.24) is 25.0 Å². The number of likely N-dealkylation sites (N-methyl/N-ethyl adjacent to an activating group) is 1. The van der Waals surface area contributed by atoms with Crippen molar-refractivity contribution in [2.24, 2.45) is 0 Å². The van der Waals surface area contributed by atoms with E-state index in [1.54, 1.807) is 12.1 Å². The first-order valence-electron chi connectivity index (χ1n) is 11.5. The zero-order chi connectivity index (χ0) is 23.8. The molecule has 1 fully saturated rings. The van der Waals surface area contributed by atoms with Crippen molar-refractivity contribution in [2.45, 2.75) is 20.8 Å². The Kier molecular flexibility index (Phi) is 5.75. The molecule has 0 spiro atoms. The van der Waals surface area contributed by atoms with Gasteiger partial charge in [0.05, 0.1) is 5.52 Å². The van der Waals surface area contributed by atoms with Crippen LogP contribution in [0.2, 0.25) is 0 Å². The van der Waals surface area contributed by atoms with E-state index in [2.05, 4.69) is 70.6 Å². The lowest BCUT2D eigenvalue weighted by molar-refractivity contribution is 0.0633. The van der Waals surface area contributed by atoms with Crippen LogP contribution in [0, 0.1) is 20.8 Å². The number of amides is 1. The van der Waals surface area contributed by atoms with Crippen LogP contribution in [-0.2, 0) is 0 Å². The molecule has 1 N–H and O–H groups in total. The van der Waals surface area contributed by atoms with Crippen molar-refractivity contribution in [1.29, 1.82) is 0 Å². The number of anilines is 2. The molecule has 174 valence electrons. The van der Waals surface area contributed by atoms with Gasteiger partial charge in [-0.2, -0.15) is 0 Å². The summed E-state index contributed by atoms with van der Waals surface area (Å²) in [5.74, 6) is 0.926. The Labute approximate surface area is 198 Å². The number of carbonyl (C=O) groups excluding carboxylic acids is 1. The molecular weight excluding hydrogens is 428 g/mol. The van der Waals surface area contributed by atoms with E-state index in [1.807, 2.05) is 17.9 Å². The summed E-state index contributed by atoms with van der Waals surface area (Å²) in [5, 5.41) is 11.7. The molecule has 0 atom stereocenters. The summed E-state index contributed by atoms with van der Waals surface area (Å²) in [7, 11) is 2.06. The number of carbonyl (C=O) groups is 1. The summed E-state index contributed by atoms with van der Waals surface area (Å²) < 4.78 is 5.75. The Morgan fingerprint density at radius 2 is 1.68 bits per heavy atom. The molecule has 0 bridgehead atoms. The number of aryl methyl sites for hydroxylation is 3. The van der Waals surface area contributed by atoms with Gasteiger partial charge in [0.1, 0.15) is 5.52 Å². The smallest absolute Gasteiger partial charge is 0.289 e. The molecule has 5 rings (SSSR count). The normalized spacial score (nSPS) is 14.5. The summed E-state index contributed by atoms with van der Waals surface area (Å²) in [6, 6.07) is 13.9. The highest BCUT2D eigenvalue weighted by Crippen LogP contribution is 2.31. The zero-order valence-corrected chi connectivity index (χ0v) is 19.9. The standard InChI is InChI=1S/C26H28N6O2/c1-16-6-5-7-17(2)23(16)19-14-18(3)24-20(15-19)29-30-26(28-24)27-22-9-8-21(34-22)25(33)32-12-10-31(4)11-13-32/h5-9,14-15H,10-13H2,1-4H3,(H,27,28,30). The summed E-state index contributed by atoms with van der Waals surface area (Å²) in [4.78, 5) is 21.4. The van der Waals surface area contributed by atoms with Gasteiger partial charge in [-0.15, -0.1) is 10.2 Å². The van der Waals surface area contributed by atoms with Crippen LogP contribution in [0.15, 0.2) is 46.9 Å². The molecule has 1 amide bonds. The van der Waals surface area contributed by atoms with E-state index in [4.69, 9.17) is 4.42 Å². The molecule has 1 saturated heterocycles. The molecule has 1 aliphatic heterocycles. The molecule has 4 aromatic rings. The topological polar surface area (TPSA) is 87.4 Å². The Hall–Kier alpha value is -3.78. The Morgan fingerprint density at radius 3 is 2.41 bits per heavy atom. The van der Waals surface area contributed by atoms with Crippen molar-refractivity contribution in [2.75, 3.05) is 38.5 Å². The predicted octanol–water partition coefficient (Wildman–Crippen LogP) is 4.34. The van der Waals surface area contributed by atoms with E-state index < -0.39 is 0 Å². The van der Waals surface area contributed by atoms with Crippen LogP contribution in [0.3, 0.4) is 0 Å². The number of nitrogens with one attached hydrogen (secondary N) is 1. The third kappa shape index (κ3) is 4.24. The highest BCUT2D eigenvalue weighted by atomic mass is 16.4. The summed E-state index contributed by atoms with van der Waals surface area (Å²) >= 11 is 0. The highest BCUT2D eigenvalue weighted by molar-refractivity contribution is 5.92. The second-order valence-electron chi connectivity index (χ2n) is 8.95. The lowest BCUT2D eigenvalue weighted by Crippen LogP contribution is -2.47. The lowest BCUT2D eigenvalue weighted by atomic mass is 9.94. The maximum absolute atomic E-state index is 12.7.